The maximum absolute atomic E-state index is 9.19. The van der Waals surface area contributed by atoms with E-state index in [9.17, 15) is 5.26 Å². The zero-order valence-corrected chi connectivity index (χ0v) is 13.6. The average Bonchev–Trinajstić information content (AvgIpc) is 2.64. The van der Waals surface area contributed by atoms with Crippen LogP contribution in [0, 0.1) is 11.3 Å². The van der Waals surface area contributed by atoms with Gasteiger partial charge in [0.1, 0.15) is 11.8 Å². The summed E-state index contributed by atoms with van der Waals surface area (Å²) in [4.78, 5) is 4.35. The van der Waals surface area contributed by atoms with Gasteiger partial charge in [0, 0.05) is 24.2 Å². The Labute approximate surface area is 141 Å². The molecule has 0 fully saturated rings. The van der Waals surface area contributed by atoms with Crippen LogP contribution in [0.15, 0.2) is 54.6 Å². The molecule has 0 bridgehead atoms. The molecule has 24 heavy (non-hydrogen) atoms. The van der Waals surface area contributed by atoms with Gasteiger partial charge in [0.15, 0.2) is 0 Å². The van der Waals surface area contributed by atoms with Crippen molar-refractivity contribution < 1.29 is 4.74 Å². The summed E-state index contributed by atoms with van der Waals surface area (Å²) in [6.45, 7) is 3.96. The van der Waals surface area contributed by atoms with Crippen LogP contribution in [0.2, 0.25) is 0 Å². The molecular weight excluding hydrogens is 298 g/mol. The lowest BCUT2D eigenvalue weighted by atomic mass is 10.1. The third kappa shape index (κ3) is 3.53. The molecule has 4 nitrogen and oxygen atoms in total. The summed E-state index contributed by atoms with van der Waals surface area (Å²) in [5.74, 6) is 0. The SMILES string of the molecule is CCOCc1ccccc1CNc1cc(C#N)nc2ccccc12. The molecule has 0 spiro atoms. The predicted molar refractivity (Wildman–Crippen MR) is 95.6 cm³/mol. The smallest absolute Gasteiger partial charge is 0.143 e. The van der Waals surface area contributed by atoms with Gasteiger partial charge >= 0.3 is 0 Å². The summed E-state index contributed by atoms with van der Waals surface area (Å²) < 4.78 is 5.54. The number of aromatic nitrogens is 1. The van der Waals surface area contributed by atoms with Gasteiger partial charge in [0.05, 0.1) is 12.1 Å². The highest BCUT2D eigenvalue weighted by Crippen LogP contribution is 2.24. The molecule has 0 atom stereocenters. The topological polar surface area (TPSA) is 57.9 Å². The molecule has 0 aliphatic heterocycles. The second kappa shape index (κ2) is 7.58. The van der Waals surface area contributed by atoms with Crippen molar-refractivity contribution in [2.75, 3.05) is 11.9 Å². The molecule has 0 amide bonds. The first-order valence-electron chi connectivity index (χ1n) is 8.00. The summed E-state index contributed by atoms with van der Waals surface area (Å²) in [6.07, 6.45) is 0. The molecule has 1 heterocycles. The molecule has 0 radical (unpaired) electrons. The molecule has 3 rings (SSSR count). The second-order valence-corrected chi connectivity index (χ2v) is 5.44. The highest BCUT2D eigenvalue weighted by atomic mass is 16.5. The normalized spacial score (nSPS) is 10.5. The zero-order valence-electron chi connectivity index (χ0n) is 13.6. The van der Waals surface area contributed by atoms with Crippen molar-refractivity contribution in [3.8, 4) is 6.07 Å². The third-order valence-electron chi connectivity index (χ3n) is 3.88. The van der Waals surface area contributed by atoms with Gasteiger partial charge in [0.25, 0.3) is 0 Å². The van der Waals surface area contributed by atoms with Gasteiger partial charge in [-0.3, -0.25) is 0 Å². The van der Waals surface area contributed by atoms with Gasteiger partial charge in [-0.15, -0.1) is 0 Å². The Kier molecular flexibility index (Phi) is 5.05. The quantitative estimate of drug-likeness (QED) is 0.738. The van der Waals surface area contributed by atoms with E-state index in [1.807, 2.05) is 43.3 Å². The number of fused-ring (bicyclic) bond motifs is 1. The Morgan fingerprint density at radius 3 is 2.62 bits per heavy atom. The molecule has 0 aliphatic rings. The number of para-hydroxylation sites is 1. The first-order chi connectivity index (χ1) is 11.8. The molecule has 120 valence electrons. The van der Waals surface area contributed by atoms with Gasteiger partial charge in [0.2, 0.25) is 0 Å². The number of ether oxygens (including phenoxy) is 1. The maximum Gasteiger partial charge on any atom is 0.143 e. The van der Waals surface area contributed by atoms with Crippen molar-refractivity contribution in [3.05, 3.63) is 71.4 Å². The van der Waals surface area contributed by atoms with Crippen molar-refractivity contribution in [2.24, 2.45) is 0 Å². The molecule has 0 saturated heterocycles. The van der Waals surface area contributed by atoms with E-state index in [4.69, 9.17) is 4.74 Å². The summed E-state index contributed by atoms with van der Waals surface area (Å²) in [5.41, 5.74) is 4.51. The number of hydrogen-bond acceptors (Lipinski definition) is 4. The van der Waals surface area contributed by atoms with E-state index in [1.54, 1.807) is 6.07 Å². The Morgan fingerprint density at radius 1 is 1.08 bits per heavy atom. The molecule has 1 aromatic heterocycles. The molecule has 3 aromatic rings. The summed E-state index contributed by atoms with van der Waals surface area (Å²) in [7, 11) is 0. The Hall–Kier alpha value is -2.90. The van der Waals surface area contributed by atoms with Crippen molar-refractivity contribution in [2.45, 2.75) is 20.1 Å². The summed E-state index contributed by atoms with van der Waals surface area (Å²) >= 11 is 0. The Morgan fingerprint density at radius 2 is 1.83 bits per heavy atom. The number of pyridine rings is 1. The average molecular weight is 317 g/mol. The molecule has 1 N–H and O–H groups in total. The van der Waals surface area contributed by atoms with Gasteiger partial charge in [-0.05, 0) is 30.2 Å². The largest absolute Gasteiger partial charge is 0.380 e. The van der Waals surface area contributed by atoms with E-state index in [2.05, 4.69) is 28.5 Å². The van der Waals surface area contributed by atoms with Crippen LogP contribution in [0.1, 0.15) is 23.7 Å². The fourth-order valence-corrected chi connectivity index (χ4v) is 2.65. The lowest BCUT2D eigenvalue weighted by molar-refractivity contribution is 0.133. The van der Waals surface area contributed by atoms with Crippen LogP contribution >= 0.6 is 0 Å². The fraction of sp³-hybridized carbons (Fsp3) is 0.200. The Balaban J connectivity index is 1.88. The van der Waals surface area contributed by atoms with Crippen LogP contribution < -0.4 is 5.32 Å². The van der Waals surface area contributed by atoms with Crippen LogP contribution in [0.25, 0.3) is 10.9 Å². The van der Waals surface area contributed by atoms with E-state index in [0.29, 0.717) is 25.5 Å². The van der Waals surface area contributed by atoms with Crippen LogP contribution in [-0.2, 0) is 17.9 Å². The van der Waals surface area contributed by atoms with Crippen LogP contribution in [0.5, 0.6) is 0 Å². The first kappa shape index (κ1) is 16.0. The first-order valence-corrected chi connectivity index (χ1v) is 8.00. The zero-order chi connectivity index (χ0) is 16.8. The number of anilines is 1. The number of nitrogens with zero attached hydrogens (tertiary/aromatic N) is 2. The van der Waals surface area contributed by atoms with E-state index in [1.165, 1.54) is 11.1 Å². The van der Waals surface area contributed by atoms with E-state index < -0.39 is 0 Å². The highest BCUT2D eigenvalue weighted by molar-refractivity contribution is 5.91. The summed E-state index contributed by atoms with van der Waals surface area (Å²) in [5, 5.41) is 13.7. The lowest BCUT2D eigenvalue weighted by Gasteiger charge is -2.13. The molecular formula is C20H19N3O. The highest BCUT2D eigenvalue weighted by Gasteiger charge is 2.07. The minimum Gasteiger partial charge on any atom is -0.380 e. The van der Waals surface area contributed by atoms with Gasteiger partial charge in [-0.2, -0.15) is 5.26 Å². The monoisotopic (exact) mass is 317 g/mol. The minimum atomic E-state index is 0.416. The number of hydrogen-bond donors (Lipinski definition) is 1. The minimum absolute atomic E-state index is 0.416. The number of rotatable bonds is 6. The fourth-order valence-electron chi connectivity index (χ4n) is 2.65. The van der Waals surface area contributed by atoms with Crippen molar-refractivity contribution in [3.63, 3.8) is 0 Å². The Bertz CT molecular complexity index is 883. The molecule has 0 aliphatic carbocycles. The van der Waals surface area contributed by atoms with Crippen LogP contribution in [0.4, 0.5) is 5.69 Å². The van der Waals surface area contributed by atoms with E-state index >= 15 is 0 Å². The number of nitriles is 1. The van der Waals surface area contributed by atoms with Crippen molar-refractivity contribution >= 4 is 16.6 Å². The molecule has 4 heteroatoms. The van der Waals surface area contributed by atoms with Gasteiger partial charge < -0.3 is 10.1 Å². The number of nitrogens with one attached hydrogen (secondary N) is 1. The predicted octanol–water partition coefficient (Wildman–Crippen LogP) is 4.26. The van der Waals surface area contributed by atoms with Crippen LogP contribution in [-0.4, -0.2) is 11.6 Å². The third-order valence-corrected chi connectivity index (χ3v) is 3.88. The van der Waals surface area contributed by atoms with Crippen LogP contribution in [0.3, 0.4) is 0 Å². The maximum atomic E-state index is 9.19. The van der Waals surface area contributed by atoms with Crippen molar-refractivity contribution in [1.82, 2.24) is 4.98 Å². The van der Waals surface area contributed by atoms with Gasteiger partial charge in [-0.25, -0.2) is 4.98 Å². The number of benzene rings is 2. The second-order valence-electron chi connectivity index (χ2n) is 5.44. The standard InChI is InChI=1S/C20H19N3O/c1-2-24-14-16-8-4-3-7-15(16)13-22-20-11-17(12-21)23-19-10-6-5-9-18(19)20/h3-11H,2,13-14H2,1H3,(H,22,23). The van der Waals surface area contributed by atoms with E-state index in [-0.39, 0.29) is 0 Å². The van der Waals surface area contributed by atoms with E-state index in [0.717, 1.165) is 16.6 Å². The summed E-state index contributed by atoms with van der Waals surface area (Å²) in [6, 6.07) is 20.0. The molecule has 0 unspecified atom stereocenters. The molecule has 0 saturated carbocycles. The molecule has 2 aromatic carbocycles. The van der Waals surface area contributed by atoms with Crippen molar-refractivity contribution in [1.29, 1.82) is 5.26 Å². The lowest BCUT2D eigenvalue weighted by Crippen LogP contribution is -2.05. The van der Waals surface area contributed by atoms with Gasteiger partial charge in [-0.1, -0.05) is 42.5 Å².